The highest BCUT2D eigenvalue weighted by Gasteiger charge is 2.27. The van der Waals surface area contributed by atoms with E-state index in [1.54, 1.807) is 19.3 Å². The molecule has 3 aromatic heterocycles. The van der Waals surface area contributed by atoms with Crippen LogP contribution >= 0.6 is 22.9 Å². The van der Waals surface area contributed by atoms with Gasteiger partial charge in [-0.3, -0.25) is 14.6 Å². The predicted octanol–water partition coefficient (Wildman–Crippen LogP) is 3.36. The van der Waals surface area contributed by atoms with Crippen molar-refractivity contribution in [3.05, 3.63) is 56.7 Å². The van der Waals surface area contributed by atoms with Crippen molar-refractivity contribution in [1.29, 1.82) is 0 Å². The number of nitrogens with zero attached hydrogens (tertiary/aromatic N) is 3. The van der Waals surface area contributed by atoms with Crippen molar-refractivity contribution in [3.63, 3.8) is 0 Å². The number of carbonyl (C=O) groups is 2. The van der Waals surface area contributed by atoms with Gasteiger partial charge in [-0.15, -0.1) is 16.4 Å². The minimum absolute atomic E-state index is 0.169. The molecule has 0 saturated carbocycles. The Kier molecular flexibility index (Phi) is 5.45. The molecular formula is C19H19N5O2S2. The molecule has 2 amide bonds. The smallest absolute Gasteiger partial charge is 0.269 e. The molecule has 4 rings (SSSR count). The zero-order valence-corrected chi connectivity index (χ0v) is 17.0. The molecule has 0 aromatic carbocycles. The minimum atomic E-state index is -0.271. The van der Waals surface area contributed by atoms with Crippen LogP contribution in [-0.4, -0.2) is 26.4 Å². The highest BCUT2D eigenvalue weighted by Crippen LogP contribution is 2.38. The number of fused-ring (bicyclic) bond motifs is 1. The third-order valence-corrected chi connectivity index (χ3v) is 6.69. The van der Waals surface area contributed by atoms with Gasteiger partial charge < -0.3 is 10.6 Å². The maximum atomic E-state index is 13.0. The van der Waals surface area contributed by atoms with Gasteiger partial charge in [-0.05, 0) is 61.3 Å². The van der Waals surface area contributed by atoms with Gasteiger partial charge in [-0.2, -0.15) is 0 Å². The maximum Gasteiger partial charge on any atom is 0.269 e. The normalized spacial score (nSPS) is 13.0. The average Bonchev–Trinajstić information content (AvgIpc) is 3.30. The molecule has 0 spiro atoms. The van der Waals surface area contributed by atoms with E-state index in [9.17, 15) is 9.59 Å². The fourth-order valence-electron chi connectivity index (χ4n) is 3.27. The van der Waals surface area contributed by atoms with Crippen LogP contribution in [0.2, 0.25) is 0 Å². The first-order valence-corrected chi connectivity index (χ1v) is 10.6. The van der Waals surface area contributed by atoms with Gasteiger partial charge in [0.2, 0.25) is 0 Å². The van der Waals surface area contributed by atoms with E-state index in [2.05, 4.69) is 25.2 Å². The van der Waals surface area contributed by atoms with E-state index in [4.69, 9.17) is 0 Å². The first-order valence-electron chi connectivity index (χ1n) is 9.05. The van der Waals surface area contributed by atoms with Crippen LogP contribution in [0.3, 0.4) is 0 Å². The fraction of sp³-hybridized carbons (Fsp3) is 0.316. The third-order valence-electron chi connectivity index (χ3n) is 4.66. The summed E-state index contributed by atoms with van der Waals surface area (Å²) in [6.07, 6.45) is 7.39. The summed E-state index contributed by atoms with van der Waals surface area (Å²) < 4.78 is 3.82. The molecule has 0 saturated heterocycles. The lowest BCUT2D eigenvalue weighted by molar-refractivity contribution is 0.0951. The summed E-state index contributed by atoms with van der Waals surface area (Å²) in [5.41, 5.74) is 3.17. The van der Waals surface area contributed by atoms with Gasteiger partial charge in [0.25, 0.3) is 11.8 Å². The number of thiophene rings is 1. The Balaban J connectivity index is 1.59. The SMILES string of the molecule is Cc1nnsc1C(=O)Nc1sc2c(c1C(=O)NCc1cccnc1)CCCC2. The molecule has 1 aliphatic carbocycles. The molecule has 0 aliphatic heterocycles. The van der Waals surface area contributed by atoms with Gasteiger partial charge >= 0.3 is 0 Å². The average molecular weight is 414 g/mol. The van der Waals surface area contributed by atoms with Gasteiger partial charge in [0.15, 0.2) is 0 Å². The molecule has 7 nitrogen and oxygen atoms in total. The molecule has 1 aliphatic rings. The van der Waals surface area contributed by atoms with Crippen LogP contribution in [0, 0.1) is 6.92 Å². The Bertz CT molecular complexity index is 1010. The minimum Gasteiger partial charge on any atom is -0.348 e. The zero-order chi connectivity index (χ0) is 19.5. The Morgan fingerprint density at radius 1 is 1.21 bits per heavy atom. The quantitative estimate of drug-likeness (QED) is 0.668. The second kappa shape index (κ2) is 8.15. The summed E-state index contributed by atoms with van der Waals surface area (Å²) in [7, 11) is 0. The van der Waals surface area contributed by atoms with Crippen molar-refractivity contribution in [3.8, 4) is 0 Å². The van der Waals surface area contributed by atoms with Crippen LogP contribution in [0.1, 0.15) is 54.6 Å². The Labute approximate surface area is 170 Å². The molecule has 0 unspecified atom stereocenters. The summed E-state index contributed by atoms with van der Waals surface area (Å²) in [6, 6.07) is 3.75. The standard InChI is InChI=1S/C19H19N5O2S2/c1-11-16(28-24-23-11)18(26)22-19-15(13-6-2-3-7-14(13)27-19)17(25)21-10-12-5-4-8-20-9-12/h4-5,8-9H,2-3,6-7,10H2,1H3,(H,21,25)(H,22,26). The third kappa shape index (κ3) is 3.81. The summed E-state index contributed by atoms with van der Waals surface area (Å²) in [5.74, 6) is -0.440. The number of amides is 2. The van der Waals surface area contributed by atoms with Crippen LogP contribution in [-0.2, 0) is 19.4 Å². The van der Waals surface area contributed by atoms with Crippen LogP contribution in [0.4, 0.5) is 5.00 Å². The van der Waals surface area contributed by atoms with Crippen LogP contribution in [0.15, 0.2) is 24.5 Å². The molecule has 0 radical (unpaired) electrons. The lowest BCUT2D eigenvalue weighted by atomic mass is 9.95. The van der Waals surface area contributed by atoms with Crippen molar-refractivity contribution < 1.29 is 9.59 Å². The first-order chi connectivity index (χ1) is 13.6. The van der Waals surface area contributed by atoms with E-state index in [1.807, 2.05) is 12.1 Å². The number of nitrogens with one attached hydrogen (secondary N) is 2. The van der Waals surface area contributed by atoms with Crippen LogP contribution in [0.25, 0.3) is 0 Å². The molecule has 3 heterocycles. The highest BCUT2D eigenvalue weighted by atomic mass is 32.1. The molecular weight excluding hydrogens is 394 g/mol. The molecule has 144 valence electrons. The zero-order valence-electron chi connectivity index (χ0n) is 15.3. The van der Waals surface area contributed by atoms with E-state index in [-0.39, 0.29) is 11.8 Å². The number of pyridine rings is 1. The lowest BCUT2D eigenvalue weighted by Gasteiger charge is -2.13. The van der Waals surface area contributed by atoms with Crippen LogP contribution < -0.4 is 10.6 Å². The second-order valence-electron chi connectivity index (χ2n) is 6.60. The summed E-state index contributed by atoms with van der Waals surface area (Å²) in [4.78, 5) is 31.4. The van der Waals surface area contributed by atoms with E-state index in [0.717, 1.165) is 48.3 Å². The molecule has 9 heteroatoms. The Morgan fingerprint density at radius 3 is 2.82 bits per heavy atom. The van der Waals surface area contributed by atoms with Crippen molar-refractivity contribution >= 4 is 39.7 Å². The topological polar surface area (TPSA) is 96.9 Å². The molecule has 0 fully saturated rings. The highest BCUT2D eigenvalue weighted by molar-refractivity contribution is 7.17. The van der Waals surface area contributed by atoms with Gasteiger partial charge in [0.05, 0.1) is 11.3 Å². The number of carbonyl (C=O) groups excluding carboxylic acids is 2. The Hall–Kier alpha value is -2.65. The first kappa shape index (κ1) is 18.7. The van der Waals surface area contributed by atoms with E-state index >= 15 is 0 Å². The predicted molar refractivity (Wildman–Crippen MR) is 109 cm³/mol. The van der Waals surface area contributed by atoms with E-state index < -0.39 is 0 Å². The van der Waals surface area contributed by atoms with E-state index in [1.165, 1.54) is 16.2 Å². The van der Waals surface area contributed by atoms with Crippen molar-refractivity contribution in [2.45, 2.75) is 39.2 Å². The summed E-state index contributed by atoms with van der Waals surface area (Å²) in [6.45, 7) is 2.14. The number of hydrogen-bond acceptors (Lipinski definition) is 7. The van der Waals surface area contributed by atoms with Gasteiger partial charge in [-0.25, -0.2) is 0 Å². The largest absolute Gasteiger partial charge is 0.348 e. The van der Waals surface area contributed by atoms with Crippen molar-refractivity contribution in [1.82, 2.24) is 19.9 Å². The molecule has 0 bridgehead atoms. The second-order valence-corrected chi connectivity index (χ2v) is 8.46. The number of rotatable bonds is 5. The molecule has 28 heavy (non-hydrogen) atoms. The monoisotopic (exact) mass is 413 g/mol. The maximum absolute atomic E-state index is 13.0. The molecule has 3 aromatic rings. The van der Waals surface area contributed by atoms with Crippen molar-refractivity contribution in [2.75, 3.05) is 5.32 Å². The van der Waals surface area contributed by atoms with Crippen LogP contribution in [0.5, 0.6) is 0 Å². The molecule has 0 atom stereocenters. The van der Waals surface area contributed by atoms with Gasteiger partial charge in [-0.1, -0.05) is 10.6 Å². The van der Waals surface area contributed by atoms with Crippen molar-refractivity contribution in [2.24, 2.45) is 0 Å². The Morgan fingerprint density at radius 2 is 2.07 bits per heavy atom. The summed E-state index contributed by atoms with van der Waals surface area (Å²) >= 11 is 2.56. The van der Waals surface area contributed by atoms with Gasteiger partial charge in [0.1, 0.15) is 9.88 Å². The number of anilines is 1. The fourth-order valence-corrected chi connectivity index (χ4v) is 5.10. The number of hydrogen-bond donors (Lipinski definition) is 2. The van der Waals surface area contributed by atoms with Gasteiger partial charge in [0, 0.05) is 23.8 Å². The summed E-state index contributed by atoms with van der Waals surface area (Å²) in [5, 5.41) is 10.4. The lowest BCUT2D eigenvalue weighted by Crippen LogP contribution is -2.25. The molecule has 2 N–H and O–H groups in total. The number of aromatic nitrogens is 3. The number of aryl methyl sites for hydroxylation is 2. The van der Waals surface area contributed by atoms with E-state index in [0.29, 0.717) is 27.7 Å².